The van der Waals surface area contributed by atoms with Gasteiger partial charge in [0.2, 0.25) is 6.41 Å². The van der Waals surface area contributed by atoms with Gasteiger partial charge >= 0.3 is 0 Å². The van der Waals surface area contributed by atoms with Gasteiger partial charge in [-0.2, -0.15) is 0 Å². The minimum Gasteiger partial charge on any atom is -0.342 e. The Morgan fingerprint density at radius 1 is 1.15 bits per heavy atom. The van der Waals surface area contributed by atoms with E-state index < -0.39 is 11.7 Å². The third-order valence-electron chi connectivity index (χ3n) is 4.17. The number of pyridine rings is 1. The Labute approximate surface area is 159 Å². The number of rotatable bonds is 4. The molecule has 2 heterocycles. The van der Waals surface area contributed by atoms with Gasteiger partial charge in [0.15, 0.2) is 0 Å². The molecule has 1 aliphatic heterocycles. The average Bonchev–Trinajstić information content (AvgIpc) is 2.70. The van der Waals surface area contributed by atoms with Crippen molar-refractivity contribution in [2.24, 2.45) is 0 Å². The van der Waals surface area contributed by atoms with Gasteiger partial charge in [0, 0.05) is 43.6 Å². The normalized spacial score (nSPS) is 14.0. The van der Waals surface area contributed by atoms with Crippen molar-refractivity contribution in [3.8, 4) is 0 Å². The summed E-state index contributed by atoms with van der Waals surface area (Å²) in [5.41, 5.74) is 0.689. The molecule has 0 radical (unpaired) electrons. The van der Waals surface area contributed by atoms with Crippen LogP contribution in [0, 0.1) is 5.82 Å². The van der Waals surface area contributed by atoms with Crippen LogP contribution in [0.1, 0.15) is 20.8 Å². The predicted molar refractivity (Wildman–Crippen MR) is 97.1 cm³/mol. The molecule has 0 saturated carbocycles. The Morgan fingerprint density at radius 3 is 2.56 bits per heavy atom. The van der Waals surface area contributed by atoms with E-state index in [0.717, 1.165) is 12.5 Å². The largest absolute Gasteiger partial charge is 0.342 e. The first-order valence-electron chi connectivity index (χ1n) is 8.19. The monoisotopic (exact) mass is 390 g/mol. The van der Waals surface area contributed by atoms with Crippen LogP contribution < -0.4 is 5.32 Å². The number of aromatic nitrogens is 1. The van der Waals surface area contributed by atoms with Crippen LogP contribution in [0.15, 0.2) is 36.5 Å². The molecule has 1 N–H and O–H groups in total. The summed E-state index contributed by atoms with van der Waals surface area (Å²) in [4.78, 5) is 42.9. The summed E-state index contributed by atoms with van der Waals surface area (Å²) in [6.07, 6.45) is 2.14. The maximum Gasteiger partial charge on any atom is 0.274 e. The molecule has 1 saturated heterocycles. The highest BCUT2D eigenvalue weighted by Crippen LogP contribution is 2.20. The molecule has 1 fully saturated rings. The van der Waals surface area contributed by atoms with Gasteiger partial charge in [0.25, 0.3) is 11.8 Å². The number of benzene rings is 1. The van der Waals surface area contributed by atoms with Gasteiger partial charge in [-0.25, -0.2) is 4.39 Å². The van der Waals surface area contributed by atoms with Crippen molar-refractivity contribution in [3.63, 3.8) is 0 Å². The molecule has 3 rings (SSSR count). The molecule has 1 aromatic heterocycles. The summed E-state index contributed by atoms with van der Waals surface area (Å²) in [5, 5.41) is 2.45. The number of carbonyl (C=O) groups is 3. The van der Waals surface area contributed by atoms with Gasteiger partial charge in [-0.15, -0.1) is 0 Å². The van der Waals surface area contributed by atoms with Crippen LogP contribution in [0.2, 0.25) is 5.02 Å². The van der Waals surface area contributed by atoms with Gasteiger partial charge in [0.1, 0.15) is 11.5 Å². The van der Waals surface area contributed by atoms with Crippen LogP contribution in [0.5, 0.6) is 0 Å². The fourth-order valence-corrected chi connectivity index (χ4v) is 2.85. The number of anilines is 1. The zero-order valence-corrected chi connectivity index (χ0v) is 14.9. The lowest BCUT2D eigenvalue weighted by atomic mass is 10.1. The lowest BCUT2D eigenvalue weighted by molar-refractivity contribution is -0.119. The van der Waals surface area contributed by atoms with E-state index in [9.17, 15) is 18.8 Å². The Morgan fingerprint density at radius 2 is 1.89 bits per heavy atom. The highest BCUT2D eigenvalue weighted by molar-refractivity contribution is 6.31. The predicted octanol–water partition coefficient (Wildman–Crippen LogP) is 2.04. The Hall–Kier alpha value is -3.00. The second-order valence-corrected chi connectivity index (χ2v) is 6.35. The van der Waals surface area contributed by atoms with Crippen LogP contribution in [0.3, 0.4) is 0 Å². The third-order valence-corrected chi connectivity index (χ3v) is 4.46. The zero-order valence-electron chi connectivity index (χ0n) is 14.2. The Balaban J connectivity index is 1.71. The van der Waals surface area contributed by atoms with Crippen molar-refractivity contribution in [3.05, 3.63) is 58.6 Å². The third kappa shape index (κ3) is 4.40. The van der Waals surface area contributed by atoms with E-state index in [0.29, 0.717) is 37.4 Å². The van der Waals surface area contributed by atoms with E-state index in [2.05, 4.69) is 10.3 Å². The summed E-state index contributed by atoms with van der Waals surface area (Å²) in [5.74, 6) is -1.37. The van der Waals surface area contributed by atoms with Crippen LogP contribution in [-0.2, 0) is 4.79 Å². The number of piperazine rings is 1. The number of amides is 3. The molecule has 1 aromatic carbocycles. The zero-order chi connectivity index (χ0) is 19.4. The molecule has 1 aliphatic rings. The first kappa shape index (κ1) is 18.8. The van der Waals surface area contributed by atoms with Gasteiger partial charge in [0.05, 0.1) is 5.02 Å². The summed E-state index contributed by atoms with van der Waals surface area (Å²) in [7, 11) is 0. The molecular weight excluding hydrogens is 375 g/mol. The van der Waals surface area contributed by atoms with Crippen molar-refractivity contribution in [1.29, 1.82) is 0 Å². The summed E-state index contributed by atoms with van der Waals surface area (Å²) >= 11 is 5.70. The van der Waals surface area contributed by atoms with Crippen LogP contribution in [0.4, 0.5) is 10.1 Å². The van der Waals surface area contributed by atoms with Gasteiger partial charge in [-0.05, 0) is 30.3 Å². The molecule has 0 bridgehead atoms. The quantitative estimate of drug-likeness (QED) is 0.810. The second kappa shape index (κ2) is 8.13. The van der Waals surface area contributed by atoms with Crippen molar-refractivity contribution in [1.82, 2.24) is 14.8 Å². The first-order chi connectivity index (χ1) is 13.0. The molecule has 0 atom stereocenters. The maximum atomic E-state index is 13.2. The van der Waals surface area contributed by atoms with Crippen molar-refractivity contribution >= 4 is 35.5 Å². The van der Waals surface area contributed by atoms with Crippen molar-refractivity contribution < 1.29 is 18.8 Å². The number of nitrogens with one attached hydrogen (secondary N) is 1. The van der Waals surface area contributed by atoms with E-state index in [1.54, 1.807) is 9.80 Å². The summed E-state index contributed by atoms with van der Waals surface area (Å²) < 4.78 is 13.2. The van der Waals surface area contributed by atoms with Gasteiger partial charge < -0.3 is 15.1 Å². The topological polar surface area (TPSA) is 82.6 Å². The van der Waals surface area contributed by atoms with Crippen LogP contribution >= 0.6 is 11.6 Å². The Bertz CT molecular complexity index is 885. The van der Waals surface area contributed by atoms with Crippen LogP contribution in [-0.4, -0.2) is 59.2 Å². The summed E-state index contributed by atoms with van der Waals surface area (Å²) in [6.45, 7) is 1.79. The van der Waals surface area contributed by atoms with Crippen molar-refractivity contribution in [2.45, 2.75) is 0 Å². The maximum absolute atomic E-state index is 13.2. The molecule has 2 aromatic rings. The summed E-state index contributed by atoms with van der Waals surface area (Å²) in [6, 6.07) is 6.73. The Kier molecular flexibility index (Phi) is 5.66. The number of hydrogen-bond donors (Lipinski definition) is 1. The fourth-order valence-electron chi connectivity index (χ4n) is 2.67. The second-order valence-electron chi connectivity index (χ2n) is 5.95. The smallest absolute Gasteiger partial charge is 0.274 e. The van der Waals surface area contributed by atoms with E-state index in [1.807, 2.05) is 0 Å². The lowest BCUT2D eigenvalue weighted by Crippen LogP contribution is -2.48. The van der Waals surface area contributed by atoms with Gasteiger partial charge in [-0.1, -0.05) is 11.6 Å². The minimum absolute atomic E-state index is 0.0489. The highest BCUT2D eigenvalue weighted by Gasteiger charge is 2.22. The SMILES string of the molecule is O=CN1CCN(C(=O)c2ccnc(C(=O)Nc3ccc(F)c(Cl)c3)c2)CC1. The van der Waals surface area contributed by atoms with E-state index in [1.165, 1.54) is 30.5 Å². The molecule has 3 amide bonds. The van der Waals surface area contributed by atoms with Crippen LogP contribution in [0.25, 0.3) is 0 Å². The lowest BCUT2D eigenvalue weighted by Gasteiger charge is -2.32. The molecule has 0 unspecified atom stereocenters. The number of carbonyl (C=O) groups excluding carboxylic acids is 3. The first-order valence-corrected chi connectivity index (χ1v) is 8.57. The molecule has 9 heteroatoms. The number of halogens is 2. The number of hydrogen-bond acceptors (Lipinski definition) is 4. The highest BCUT2D eigenvalue weighted by atomic mass is 35.5. The minimum atomic E-state index is -0.588. The van der Waals surface area contributed by atoms with E-state index in [4.69, 9.17) is 11.6 Å². The molecule has 0 spiro atoms. The molecule has 27 heavy (non-hydrogen) atoms. The number of nitrogens with zero attached hydrogens (tertiary/aromatic N) is 3. The van der Waals surface area contributed by atoms with Gasteiger partial charge in [-0.3, -0.25) is 19.4 Å². The molecule has 140 valence electrons. The molecular formula is C18H16ClFN4O3. The van der Waals surface area contributed by atoms with E-state index >= 15 is 0 Å². The van der Waals surface area contributed by atoms with E-state index in [-0.39, 0.29) is 16.6 Å². The standard InChI is InChI=1S/C18H16ClFN4O3/c19-14-10-13(1-2-15(14)20)22-17(26)16-9-12(3-4-21-16)18(27)24-7-5-23(11-25)6-8-24/h1-4,9-11H,5-8H2,(H,22,26). The molecule has 7 nitrogen and oxygen atoms in total. The van der Waals surface area contributed by atoms with Crippen molar-refractivity contribution in [2.75, 3.05) is 31.5 Å². The molecule has 0 aliphatic carbocycles. The average molecular weight is 391 g/mol. The fraction of sp³-hybridized carbons (Fsp3) is 0.222.